The van der Waals surface area contributed by atoms with E-state index in [0.29, 0.717) is 21.0 Å². The van der Waals surface area contributed by atoms with E-state index in [1.807, 2.05) is 35.7 Å². The Bertz CT molecular complexity index is 1060. The van der Waals surface area contributed by atoms with Gasteiger partial charge in [0.25, 0.3) is 5.91 Å². The Hall–Kier alpha value is -3.10. The van der Waals surface area contributed by atoms with Crippen LogP contribution in [0.1, 0.15) is 5.56 Å². The molecule has 4 rings (SSSR count). The Morgan fingerprint density at radius 2 is 2.04 bits per heavy atom. The number of phenols is 1. The fourth-order valence-electron chi connectivity index (χ4n) is 2.64. The Kier molecular flexibility index (Phi) is 5.14. The third kappa shape index (κ3) is 3.64. The summed E-state index contributed by atoms with van der Waals surface area (Å²) in [5, 5.41) is 12.7. The Morgan fingerprint density at radius 1 is 1.21 bits per heavy atom. The van der Waals surface area contributed by atoms with Crippen LogP contribution in [0.2, 0.25) is 0 Å². The number of hydrogen-bond acceptors (Lipinski definition) is 7. The predicted octanol–water partition coefficient (Wildman–Crippen LogP) is 4.67. The minimum Gasteiger partial charge on any atom is -0.504 e. The number of thiazole rings is 1. The van der Waals surface area contributed by atoms with E-state index < -0.39 is 0 Å². The summed E-state index contributed by atoms with van der Waals surface area (Å²) in [6.45, 7) is 0. The first kappa shape index (κ1) is 18.3. The molecule has 0 unspecified atom stereocenters. The minimum atomic E-state index is -0.168. The van der Waals surface area contributed by atoms with E-state index in [0.717, 1.165) is 11.3 Å². The zero-order valence-electron chi connectivity index (χ0n) is 14.8. The summed E-state index contributed by atoms with van der Waals surface area (Å²) < 4.78 is 5.15. The topological polar surface area (TPSA) is 75.0 Å². The summed E-state index contributed by atoms with van der Waals surface area (Å²) in [4.78, 5) is 24.0. The second kappa shape index (κ2) is 7.87. The van der Waals surface area contributed by atoms with E-state index in [4.69, 9.17) is 4.74 Å². The van der Waals surface area contributed by atoms with Gasteiger partial charge in [-0.25, -0.2) is 4.98 Å². The van der Waals surface area contributed by atoms with Gasteiger partial charge in [0.2, 0.25) is 5.13 Å². The zero-order chi connectivity index (χ0) is 19.5. The molecule has 0 bridgehead atoms. The second-order valence-electron chi connectivity index (χ2n) is 5.73. The van der Waals surface area contributed by atoms with Crippen molar-refractivity contribution in [1.82, 2.24) is 4.98 Å². The second-order valence-corrected chi connectivity index (χ2v) is 7.61. The van der Waals surface area contributed by atoms with Gasteiger partial charge < -0.3 is 9.84 Å². The number of carbonyl (C=O) groups is 1. The lowest BCUT2D eigenvalue weighted by Crippen LogP contribution is -2.28. The highest BCUT2D eigenvalue weighted by Crippen LogP contribution is 2.38. The minimum absolute atomic E-state index is 0.0481. The smallest absolute Gasteiger partial charge is 0.271 e. The molecule has 2 aromatic carbocycles. The van der Waals surface area contributed by atoms with Crippen molar-refractivity contribution in [1.29, 1.82) is 0 Å². The van der Waals surface area contributed by atoms with E-state index in [1.165, 1.54) is 36.3 Å². The third-order valence-electron chi connectivity index (χ3n) is 3.93. The number of benzene rings is 2. The standard InChI is InChI=1S/C20H15N3O3S2/c1-26-16-11-13(7-8-15(16)24)12-17-18(25)23(14-5-3-2-4-6-14)20(28-17)22-19-21-9-10-27-19/h2-12,24H,1H3/b17-12-,22-20+. The van der Waals surface area contributed by atoms with Crippen LogP contribution in [0.25, 0.3) is 6.08 Å². The van der Waals surface area contributed by atoms with Gasteiger partial charge in [-0.15, -0.1) is 11.3 Å². The van der Waals surface area contributed by atoms with Gasteiger partial charge in [0.15, 0.2) is 16.7 Å². The van der Waals surface area contributed by atoms with Crippen molar-refractivity contribution < 1.29 is 14.6 Å². The highest BCUT2D eigenvalue weighted by Gasteiger charge is 2.34. The molecule has 1 aromatic heterocycles. The average Bonchev–Trinajstić information content (AvgIpc) is 3.32. The molecule has 0 saturated carbocycles. The summed E-state index contributed by atoms with van der Waals surface area (Å²) in [5.74, 6) is 0.229. The Balaban J connectivity index is 1.75. The molecule has 0 atom stereocenters. The maximum Gasteiger partial charge on any atom is 0.271 e. The number of carbonyl (C=O) groups excluding carboxylic acids is 1. The number of phenolic OH excluding ortho intramolecular Hbond substituents is 1. The van der Waals surface area contributed by atoms with Crippen molar-refractivity contribution in [3.05, 3.63) is 70.6 Å². The van der Waals surface area contributed by atoms with Gasteiger partial charge in [-0.05, 0) is 47.7 Å². The molecule has 0 spiro atoms. The van der Waals surface area contributed by atoms with Crippen LogP contribution >= 0.6 is 23.1 Å². The molecule has 1 fully saturated rings. The normalized spacial score (nSPS) is 16.9. The maximum absolute atomic E-state index is 13.1. The van der Waals surface area contributed by atoms with Crippen LogP contribution in [-0.2, 0) is 4.79 Å². The molecular weight excluding hydrogens is 394 g/mol. The van der Waals surface area contributed by atoms with E-state index in [9.17, 15) is 9.90 Å². The Labute approximate surface area is 169 Å². The van der Waals surface area contributed by atoms with Crippen molar-refractivity contribution in [3.63, 3.8) is 0 Å². The van der Waals surface area contributed by atoms with E-state index in [-0.39, 0.29) is 11.7 Å². The van der Waals surface area contributed by atoms with Crippen LogP contribution in [0.5, 0.6) is 11.5 Å². The van der Waals surface area contributed by atoms with E-state index >= 15 is 0 Å². The number of thioether (sulfide) groups is 1. The first-order chi connectivity index (χ1) is 13.7. The summed E-state index contributed by atoms with van der Waals surface area (Å²) in [6, 6.07) is 14.3. The van der Waals surface area contributed by atoms with Crippen LogP contribution in [0.15, 0.2) is 70.0 Å². The lowest BCUT2D eigenvalue weighted by atomic mass is 10.2. The van der Waals surface area contributed by atoms with Crippen molar-refractivity contribution in [3.8, 4) is 11.5 Å². The lowest BCUT2D eigenvalue weighted by molar-refractivity contribution is -0.113. The number of anilines is 1. The van der Waals surface area contributed by atoms with Gasteiger partial charge in [-0.2, -0.15) is 4.99 Å². The molecule has 8 heteroatoms. The van der Waals surface area contributed by atoms with Crippen molar-refractivity contribution in [2.75, 3.05) is 12.0 Å². The number of ether oxygens (including phenoxy) is 1. The van der Waals surface area contributed by atoms with Crippen LogP contribution in [0.4, 0.5) is 10.8 Å². The average molecular weight is 409 g/mol. The van der Waals surface area contributed by atoms with Crippen molar-refractivity contribution in [2.24, 2.45) is 4.99 Å². The molecule has 1 aliphatic rings. The summed E-state index contributed by atoms with van der Waals surface area (Å²) in [7, 11) is 1.48. The molecule has 28 heavy (non-hydrogen) atoms. The van der Waals surface area contributed by atoms with Gasteiger partial charge in [0.1, 0.15) is 0 Å². The monoisotopic (exact) mass is 409 g/mol. The van der Waals surface area contributed by atoms with Gasteiger partial charge >= 0.3 is 0 Å². The number of amides is 1. The van der Waals surface area contributed by atoms with Crippen molar-refractivity contribution >= 4 is 51.1 Å². The lowest BCUT2D eigenvalue weighted by Gasteiger charge is -2.14. The van der Waals surface area contributed by atoms with Gasteiger partial charge in [0, 0.05) is 11.6 Å². The number of methoxy groups -OCH3 is 1. The number of hydrogen-bond donors (Lipinski definition) is 1. The molecule has 140 valence electrons. The van der Waals surface area contributed by atoms with Crippen molar-refractivity contribution in [2.45, 2.75) is 0 Å². The predicted molar refractivity (Wildman–Crippen MR) is 113 cm³/mol. The Morgan fingerprint density at radius 3 is 2.75 bits per heavy atom. The highest BCUT2D eigenvalue weighted by molar-refractivity contribution is 8.19. The molecule has 1 N–H and O–H groups in total. The molecule has 3 aromatic rings. The SMILES string of the molecule is COc1cc(/C=C2\S/C(=N/c3nccs3)N(c3ccccc3)C2=O)ccc1O. The van der Waals surface area contributed by atoms with Crippen LogP contribution in [0, 0.1) is 0 Å². The fraction of sp³-hybridized carbons (Fsp3) is 0.0500. The number of aromatic hydroxyl groups is 1. The number of para-hydroxylation sites is 1. The molecule has 0 radical (unpaired) electrons. The molecule has 1 amide bonds. The summed E-state index contributed by atoms with van der Waals surface area (Å²) in [5.41, 5.74) is 1.48. The quantitative estimate of drug-likeness (QED) is 0.634. The molecule has 6 nitrogen and oxygen atoms in total. The zero-order valence-corrected chi connectivity index (χ0v) is 16.4. The number of nitrogens with zero attached hydrogens (tertiary/aromatic N) is 3. The van der Waals surface area contributed by atoms with Crippen LogP contribution in [-0.4, -0.2) is 28.3 Å². The number of aromatic nitrogens is 1. The largest absolute Gasteiger partial charge is 0.504 e. The maximum atomic E-state index is 13.1. The first-order valence-corrected chi connectivity index (χ1v) is 9.99. The summed E-state index contributed by atoms with van der Waals surface area (Å²) >= 11 is 2.69. The fourth-order valence-corrected chi connectivity index (χ4v) is 4.19. The number of aliphatic imine (C=N–C) groups is 1. The van der Waals surface area contributed by atoms with E-state index in [1.54, 1.807) is 29.3 Å². The van der Waals surface area contributed by atoms with Gasteiger partial charge in [-0.3, -0.25) is 9.69 Å². The third-order valence-corrected chi connectivity index (χ3v) is 5.57. The van der Waals surface area contributed by atoms with Gasteiger partial charge in [0.05, 0.1) is 17.7 Å². The first-order valence-electron chi connectivity index (χ1n) is 8.30. The molecule has 1 saturated heterocycles. The molecule has 1 aliphatic heterocycles. The highest BCUT2D eigenvalue weighted by atomic mass is 32.2. The van der Waals surface area contributed by atoms with Crippen LogP contribution < -0.4 is 9.64 Å². The number of amidine groups is 1. The summed E-state index contributed by atoms with van der Waals surface area (Å²) in [6.07, 6.45) is 3.44. The molecular formula is C20H15N3O3S2. The van der Waals surface area contributed by atoms with Crippen LogP contribution in [0.3, 0.4) is 0 Å². The molecule has 0 aliphatic carbocycles. The van der Waals surface area contributed by atoms with Gasteiger partial charge in [-0.1, -0.05) is 24.3 Å². The number of rotatable bonds is 4. The van der Waals surface area contributed by atoms with E-state index in [2.05, 4.69) is 9.98 Å². The molecule has 2 heterocycles.